The summed E-state index contributed by atoms with van der Waals surface area (Å²) < 4.78 is 17.6. The maximum Gasteiger partial charge on any atom is 0.289 e. The van der Waals surface area contributed by atoms with Gasteiger partial charge in [-0.15, -0.1) is 0 Å². The number of benzene rings is 1. The van der Waals surface area contributed by atoms with Crippen LogP contribution >= 0.6 is 0 Å². The van der Waals surface area contributed by atoms with Gasteiger partial charge >= 0.3 is 0 Å². The molecule has 6 nitrogen and oxygen atoms in total. The lowest BCUT2D eigenvalue weighted by molar-refractivity contribution is -0.129. The molecule has 2 aromatic rings. The van der Waals surface area contributed by atoms with Crippen molar-refractivity contribution in [2.45, 2.75) is 19.6 Å². The van der Waals surface area contributed by atoms with Crippen LogP contribution in [0, 0.1) is 13.8 Å². The maximum atomic E-state index is 12.5. The number of hydrogen-bond donors (Lipinski definition) is 0. The molecule has 0 N–H and O–H groups in total. The predicted molar refractivity (Wildman–Crippen MR) is 104 cm³/mol. The zero-order chi connectivity index (χ0) is 19.4. The number of piperazine rings is 1. The van der Waals surface area contributed by atoms with E-state index in [1.54, 1.807) is 21.9 Å². The average molecular weight is 388 g/mol. The fourth-order valence-corrected chi connectivity index (χ4v) is 4.34. The number of rotatable bonds is 5. The van der Waals surface area contributed by atoms with Crippen LogP contribution in [0.15, 0.2) is 41.0 Å². The first-order valence-corrected chi connectivity index (χ1v) is 10.4. The van der Waals surface area contributed by atoms with E-state index in [-0.39, 0.29) is 17.6 Å². The van der Waals surface area contributed by atoms with E-state index < -0.39 is 10.8 Å². The second-order valence-corrected chi connectivity index (χ2v) is 8.27. The van der Waals surface area contributed by atoms with Crippen molar-refractivity contribution in [3.8, 4) is 0 Å². The van der Waals surface area contributed by atoms with Crippen molar-refractivity contribution in [1.29, 1.82) is 0 Å². The van der Waals surface area contributed by atoms with Gasteiger partial charge in [0.25, 0.3) is 5.91 Å². The lowest BCUT2D eigenvalue weighted by atomic mass is 10.1. The molecule has 144 valence electrons. The Bertz CT molecular complexity index is 840. The van der Waals surface area contributed by atoms with Crippen LogP contribution in [0.5, 0.6) is 0 Å². The number of furan rings is 1. The van der Waals surface area contributed by atoms with E-state index >= 15 is 0 Å². The summed E-state index contributed by atoms with van der Waals surface area (Å²) in [6.45, 7) is 5.80. The van der Waals surface area contributed by atoms with Crippen molar-refractivity contribution < 1.29 is 18.2 Å². The Kier molecular flexibility index (Phi) is 6.11. The third-order valence-corrected chi connectivity index (χ3v) is 5.96. The number of aryl methyl sites for hydroxylation is 2. The van der Waals surface area contributed by atoms with Gasteiger partial charge < -0.3 is 14.2 Å². The third-order valence-electron chi connectivity index (χ3n) is 4.76. The van der Waals surface area contributed by atoms with E-state index in [4.69, 9.17) is 4.42 Å². The highest BCUT2D eigenvalue weighted by atomic mass is 32.2. The standard InChI is InChI=1S/C20H24N2O4S/c1-15-5-6-16(2)17(12-15)13-27(25)14-19(23)21-7-9-22(10-8-21)20(24)18-4-3-11-26-18/h3-6,11-12H,7-10,13-14H2,1-2H3. The van der Waals surface area contributed by atoms with Gasteiger partial charge in [0.15, 0.2) is 5.76 Å². The molecule has 0 aliphatic carbocycles. The van der Waals surface area contributed by atoms with Crippen molar-refractivity contribution in [3.05, 3.63) is 59.0 Å². The van der Waals surface area contributed by atoms with Crippen LogP contribution < -0.4 is 0 Å². The Balaban J connectivity index is 1.50. The molecule has 3 rings (SSSR count). The lowest BCUT2D eigenvalue weighted by Crippen LogP contribution is -2.51. The Morgan fingerprint density at radius 3 is 2.44 bits per heavy atom. The lowest BCUT2D eigenvalue weighted by Gasteiger charge is -2.34. The molecule has 1 aromatic carbocycles. The number of amides is 2. The summed E-state index contributed by atoms with van der Waals surface area (Å²) in [6.07, 6.45) is 1.47. The first kappa shape index (κ1) is 19.4. The Labute approximate surface area is 161 Å². The highest BCUT2D eigenvalue weighted by Gasteiger charge is 2.26. The van der Waals surface area contributed by atoms with Crippen LogP contribution in [0.1, 0.15) is 27.2 Å². The topological polar surface area (TPSA) is 70.8 Å². The Morgan fingerprint density at radius 1 is 1.07 bits per heavy atom. The number of carbonyl (C=O) groups excluding carboxylic acids is 2. The number of nitrogens with zero attached hydrogens (tertiary/aromatic N) is 2. The monoisotopic (exact) mass is 388 g/mol. The van der Waals surface area contributed by atoms with Crippen molar-refractivity contribution in [3.63, 3.8) is 0 Å². The molecule has 1 atom stereocenters. The highest BCUT2D eigenvalue weighted by molar-refractivity contribution is 7.84. The number of carbonyl (C=O) groups is 2. The molecule has 2 amide bonds. The molecule has 27 heavy (non-hydrogen) atoms. The molecule has 0 saturated carbocycles. The molecule has 7 heteroatoms. The van der Waals surface area contributed by atoms with Gasteiger partial charge in [-0.3, -0.25) is 13.8 Å². The van der Waals surface area contributed by atoms with Crippen LogP contribution in [0.4, 0.5) is 0 Å². The average Bonchev–Trinajstić information content (AvgIpc) is 3.19. The molecule has 1 aromatic heterocycles. The zero-order valence-electron chi connectivity index (χ0n) is 15.6. The molecule has 0 spiro atoms. The van der Waals surface area contributed by atoms with E-state index in [2.05, 4.69) is 0 Å². The van der Waals surface area contributed by atoms with Gasteiger partial charge in [-0.05, 0) is 37.1 Å². The number of hydrogen-bond acceptors (Lipinski definition) is 4. The van der Waals surface area contributed by atoms with Crippen LogP contribution in [0.2, 0.25) is 0 Å². The summed E-state index contributed by atoms with van der Waals surface area (Å²) >= 11 is 0. The molecule has 0 bridgehead atoms. The van der Waals surface area contributed by atoms with E-state index in [0.29, 0.717) is 37.7 Å². The maximum absolute atomic E-state index is 12.5. The molecular weight excluding hydrogens is 364 g/mol. The van der Waals surface area contributed by atoms with Gasteiger partial charge in [0.1, 0.15) is 5.75 Å². The molecule has 0 radical (unpaired) electrons. The summed E-state index contributed by atoms with van der Waals surface area (Å²) in [4.78, 5) is 28.1. The minimum atomic E-state index is -1.25. The SMILES string of the molecule is Cc1ccc(C)c(CS(=O)CC(=O)N2CCN(C(=O)c3ccco3)CC2)c1. The van der Waals surface area contributed by atoms with Crippen molar-refractivity contribution in [2.24, 2.45) is 0 Å². The molecule has 1 aliphatic rings. The van der Waals surface area contributed by atoms with Crippen LogP contribution in [-0.4, -0.2) is 57.8 Å². The van der Waals surface area contributed by atoms with Crippen LogP contribution in [0.3, 0.4) is 0 Å². The Morgan fingerprint density at radius 2 is 1.78 bits per heavy atom. The van der Waals surface area contributed by atoms with E-state index in [0.717, 1.165) is 16.7 Å². The molecule has 1 saturated heterocycles. The predicted octanol–water partition coefficient (Wildman–Crippen LogP) is 2.13. The van der Waals surface area contributed by atoms with E-state index in [9.17, 15) is 13.8 Å². The molecular formula is C20H24N2O4S. The second kappa shape index (κ2) is 8.52. The largest absolute Gasteiger partial charge is 0.459 e. The quantitative estimate of drug-likeness (QED) is 0.787. The van der Waals surface area contributed by atoms with Crippen LogP contribution in [0.25, 0.3) is 0 Å². The second-order valence-electron chi connectivity index (χ2n) is 6.81. The summed E-state index contributed by atoms with van der Waals surface area (Å²) in [5.41, 5.74) is 3.23. The van der Waals surface area contributed by atoms with Gasteiger partial charge in [-0.2, -0.15) is 0 Å². The fourth-order valence-electron chi connectivity index (χ4n) is 3.12. The van der Waals surface area contributed by atoms with Gasteiger partial charge in [0, 0.05) is 42.7 Å². The molecule has 1 unspecified atom stereocenters. The van der Waals surface area contributed by atoms with Crippen molar-refractivity contribution in [1.82, 2.24) is 9.80 Å². The Hall–Kier alpha value is -2.41. The smallest absolute Gasteiger partial charge is 0.289 e. The van der Waals surface area contributed by atoms with Crippen molar-refractivity contribution in [2.75, 3.05) is 31.9 Å². The third kappa shape index (κ3) is 4.86. The van der Waals surface area contributed by atoms with Gasteiger partial charge in [0.2, 0.25) is 5.91 Å². The van der Waals surface area contributed by atoms with E-state index in [1.807, 2.05) is 32.0 Å². The first-order valence-electron chi connectivity index (χ1n) is 8.95. The fraction of sp³-hybridized carbons (Fsp3) is 0.400. The molecule has 1 aliphatic heterocycles. The minimum absolute atomic E-state index is 0.0134. The van der Waals surface area contributed by atoms with Crippen LogP contribution in [-0.2, 0) is 21.3 Å². The molecule has 1 fully saturated rings. The normalized spacial score (nSPS) is 15.6. The zero-order valence-corrected chi connectivity index (χ0v) is 16.5. The van der Waals surface area contributed by atoms with Gasteiger partial charge in [-0.25, -0.2) is 0 Å². The van der Waals surface area contributed by atoms with Gasteiger partial charge in [-0.1, -0.05) is 23.8 Å². The minimum Gasteiger partial charge on any atom is -0.459 e. The summed E-state index contributed by atoms with van der Waals surface area (Å²) in [7, 11) is -1.25. The van der Waals surface area contributed by atoms with Crippen molar-refractivity contribution >= 4 is 22.6 Å². The first-order chi connectivity index (χ1) is 12.9. The van der Waals surface area contributed by atoms with E-state index in [1.165, 1.54) is 6.26 Å². The van der Waals surface area contributed by atoms with Gasteiger partial charge in [0.05, 0.1) is 6.26 Å². The summed E-state index contributed by atoms with van der Waals surface area (Å²) in [5, 5.41) is 0. The molecule has 2 heterocycles. The highest BCUT2D eigenvalue weighted by Crippen LogP contribution is 2.14. The summed E-state index contributed by atoms with van der Waals surface area (Å²) in [5.74, 6) is 0.425. The summed E-state index contributed by atoms with van der Waals surface area (Å²) in [6, 6.07) is 9.38.